The van der Waals surface area contributed by atoms with E-state index >= 15 is 0 Å². The van der Waals surface area contributed by atoms with Gasteiger partial charge >= 0.3 is 0 Å². The van der Waals surface area contributed by atoms with E-state index in [4.69, 9.17) is 10.3 Å². The molecule has 1 aromatic heterocycles. The number of nitrogens with two attached hydrogens (primary N) is 1. The maximum absolute atomic E-state index is 12.5. The molecule has 7 nitrogen and oxygen atoms in total. The van der Waals surface area contributed by atoms with Gasteiger partial charge in [-0.2, -0.15) is 0 Å². The normalized spacial score (nSPS) is 27.5. The molecule has 3 aliphatic rings. The zero-order chi connectivity index (χ0) is 17.4. The number of hydrogen-bond acceptors (Lipinski definition) is 5. The molecule has 2 amide bonds. The van der Waals surface area contributed by atoms with Gasteiger partial charge in [0.25, 0.3) is 5.91 Å². The summed E-state index contributed by atoms with van der Waals surface area (Å²) in [6, 6.07) is 2.02. The number of likely N-dealkylation sites (tertiary alicyclic amines) is 1. The van der Waals surface area contributed by atoms with Gasteiger partial charge < -0.3 is 20.5 Å². The zero-order valence-electron chi connectivity index (χ0n) is 14.4. The molecule has 1 saturated heterocycles. The summed E-state index contributed by atoms with van der Waals surface area (Å²) in [6.07, 6.45) is 6.47. The van der Waals surface area contributed by atoms with Crippen LogP contribution < -0.4 is 11.1 Å². The molecule has 2 aliphatic carbocycles. The van der Waals surface area contributed by atoms with Gasteiger partial charge in [-0.1, -0.05) is 5.16 Å². The zero-order valence-corrected chi connectivity index (χ0v) is 14.4. The molecule has 25 heavy (non-hydrogen) atoms. The van der Waals surface area contributed by atoms with Gasteiger partial charge in [0.15, 0.2) is 5.69 Å². The minimum Gasteiger partial charge on any atom is -0.360 e. The van der Waals surface area contributed by atoms with Crippen LogP contribution >= 0.6 is 0 Å². The summed E-state index contributed by atoms with van der Waals surface area (Å²) in [5.41, 5.74) is 6.28. The maximum Gasteiger partial charge on any atom is 0.273 e. The molecule has 0 spiro atoms. The summed E-state index contributed by atoms with van der Waals surface area (Å²) >= 11 is 0. The van der Waals surface area contributed by atoms with Crippen molar-refractivity contribution in [1.82, 2.24) is 15.4 Å². The van der Waals surface area contributed by atoms with Crippen molar-refractivity contribution in [3.63, 3.8) is 0 Å². The molecule has 2 heterocycles. The fourth-order valence-electron chi connectivity index (χ4n) is 3.96. The Morgan fingerprint density at radius 3 is 2.56 bits per heavy atom. The van der Waals surface area contributed by atoms with Crippen molar-refractivity contribution >= 4 is 11.8 Å². The predicted molar refractivity (Wildman–Crippen MR) is 90.9 cm³/mol. The molecular formula is C18H26N4O3. The van der Waals surface area contributed by atoms with E-state index in [1.807, 2.05) is 4.90 Å². The first kappa shape index (κ1) is 16.6. The van der Waals surface area contributed by atoms with E-state index in [1.54, 1.807) is 6.07 Å². The standard InChI is InChI=1S/C18H26N4O3/c19-13-4-3-12(9-13)18(24)22-7-5-14(6-8-22)20-17(23)15-10-16(25-21-15)11-1-2-11/h10-14H,1-9,19H2,(H,20,23)/t12?,13-/m1/s1. The Kier molecular flexibility index (Phi) is 4.50. The van der Waals surface area contributed by atoms with Gasteiger partial charge in [0, 0.05) is 43.1 Å². The highest BCUT2D eigenvalue weighted by Gasteiger charge is 2.33. The Bertz CT molecular complexity index is 647. The topological polar surface area (TPSA) is 101 Å². The van der Waals surface area contributed by atoms with Crippen LogP contribution in [0, 0.1) is 5.92 Å². The number of piperidine rings is 1. The minimum atomic E-state index is -0.179. The lowest BCUT2D eigenvalue weighted by Crippen LogP contribution is -2.48. The molecule has 136 valence electrons. The van der Waals surface area contributed by atoms with Crippen LogP contribution in [0.25, 0.3) is 0 Å². The fourth-order valence-corrected chi connectivity index (χ4v) is 3.96. The second-order valence-electron chi connectivity index (χ2n) is 7.73. The molecule has 1 aliphatic heterocycles. The first-order chi connectivity index (χ1) is 12.1. The quantitative estimate of drug-likeness (QED) is 0.858. The van der Waals surface area contributed by atoms with E-state index in [9.17, 15) is 9.59 Å². The third-order valence-corrected chi connectivity index (χ3v) is 5.71. The van der Waals surface area contributed by atoms with Gasteiger partial charge in [0.05, 0.1) is 0 Å². The number of nitrogens with one attached hydrogen (secondary N) is 1. The van der Waals surface area contributed by atoms with E-state index in [0.29, 0.717) is 24.7 Å². The van der Waals surface area contributed by atoms with Crippen molar-refractivity contribution in [3.8, 4) is 0 Å². The summed E-state index contributed by atoms with van der Waals surface area (Å²) < 4.78 is 5.24. The summed E-state index contributed by atoms with van der Waals surface area (Å²) in [5, 5.41) is 6.91. The summed E-state index contributed by atoms with van der Waals surface area (Å²) in [6.45, 7) is 1.39. The number of hydrogen-bond donors (Lipinski definition) is 2. The van der Waals surface area contributed by atoms with Crippen molar-refractivity contribution in [3.05, 3.63) is 17.5 Å². The smallest absolute Gasteiger partial charge is 0.273 e. The van der Waals surface area contributed by atoms with Crippen molar-refractivity contribution in [1.29, 1.82) is 0 Å². The van der Waals surface area contributed by atoms with Crippen LogP contribution in [-0.4, -0.2) is 47.0 Å². The Morgan fingerprint density at radius 2 is 1.92 bits per heavy atom. The van der Waals surface area contributed by atoms with Crippen LogP contribution in [0.1, 0.15) is 67.1 Å². The summed E-state index contributed by atoms with van der Waals surface area (Å²) in [7, 11) is 0. The molecule has 0 radical (unpaired) electrons. The molecule has 2 saturated carbocycles. The Hall–Kier alpha value is -1.89. The molecule has 0 aromatic carbocycles. The van der Waals surface area contributed by atoms with Gasteiger partial charge in [-0.3, -0.25) is 9.59 Å². The SMILES string of the molecule is N[C@@H]1CCC(C(=O)N2CCC(NC(=O)c3cc(C4CC4)on3)CC2)C1. The number of rotatable bonds is 4. The molecule has 1 aromatic rings. The monoisotopic (exact) mass is 346 g/mol. The average molecular weight is 346 g/mol. The molecule has 3 N–H and O–H groups in total. The van der Waals surface area contributed by atoms with Crippen LogP contribution in [0.3, 0.4) is 0 Å². The second-order valence-corrected chi connectivity index (χ2v) is 7.73. The van der Waals surface area contributed by atoms with Crippen LogP contribution in [0.4, 0.5) is 0 Å². The third kappa shape index (κ3) is 3.71. The molecule has 3 fully saturated rings. The lowest BCUT2D eigenvalue weighted by Gasteiger charge is -2.33. The number of carbonyl (C=O) groups is 2. The van der Waals surface area contributed by atoms with Crippen LogP contribution in [-0.2, 0) is 4.79 Å². The van der Waals surface area contributed by atoms with Gasteiger partial charge in [0.1, 0.15) is 5.76 Å². The van der Waals surface area contributed by atoms with Crippen LogP contribution in [0.15, 0.2) is 10.6 Å². The van der Waals surface area contributed by atoms with Crippen molar-refractivity contribution in [2.75, 3.05) is 13.1 Å². The number of aromatic nitrogens is 1. The van der Waals surface area contributed by atoms with Gasteiger partial charge in [-0.25, -0.2) is 0 Å². The Labute approximate surface area is 147 Å². The van der Waals surface area contributed by atoms with Crippen LogP contribution in [0.2, 0.25) is 0 Å². The fraction of sp³-hybridized carbons (Fsp3) is 0.722. The average Bonchev–Trinajstić information content (AvgIpc) is 3.17. The summed E-state index contributed by atoms with van der Waals surface area (Å²) in [4.78, 5) is 26.8. The van der Waals surface area contributed by atoms with Crippen LogP contribution in [0.5, 0.6) is 0 Å². The molecule has 0 bridgehead atoms. The molecular weight excluding hydrogens is 320 g/mol. The van der Waals surface area contributed by atoms with Crippen molar-refractivity contribution < 1.29 is 14.1 Å². The Morgan fingerprint density at radius 1 is 1.16 bits per heavy atom. The first-order valence-corrected chi connectivity index (χ1v) is 9.42. The highest BCUT2D eigenvalue weighted by Crippen LogP contribution is 2.40. The van der Waals surface area contributed by atoms with E-state index in [2.05, 4.69) is 10.5 Å². The largest absolute Gasteiger partial charge is 0.360 e. The van der Waals surface area contributed by atoms with Crippen molar-refractivity contribution in [2.24, 2.45) is 11.7 Å². The first-order valence-electron chi connectivity index (χ1n) is 9.42. The lowest BCUT2D eigenvalue weighted by atomic mass is 10.0. The molecule has 7 heteroatoms. The number of carbonyl (C=O) groups excluding carboxylic acids is 2. The predicted octanol–water partition coefficient (Wildman–Crippen LogP) is 1.40. The van der Waals surface area contributed by atoms with Crippen molar-refractivity contribution in [2.45, 2.75) is 62.9 Å². The number of amides is 2. The minimum absolute atomic E-state index is 0.0865. The van der Waals surface area contributed by atoms with E-state index in [1.165, 1.54) is 0 Å². The third-order valence-electron chi connectivity index (χ3n) is 5.71. The highest BCUT2D eigenvalue weighted by molar-refractivity contribution is 5.92. The van der Waals surface area contributed by atoms with Gasteiger partial charge in [-0.15, -0.1) is 0 Å². The molecule has 4 rings (SSSR count). The molecule has 1 unspecified atom stereocenters. The maximum atomic E-state index is 12.5. The second kappa shape index (κ2) is 6.78. The van der Waals surface area contributed by atoms with Gasteiger partial charge in [-0.05, 0) is 44.9 Å². The summed E-state index contributed by atoms with van der Waals surface area (Å²) in [5.74, 6) is 1.43. The Balaban J connectivity index is 1.25. The molecule has 2 atom stereocenters. The van der Waals surface area contributed by atoms with E-state index in [0.717, 1.165) is 50.7 Å². The van der Waals surface area contributed by atoms with Gasteiger partial charge in [0.2, 0.25) is 5.91 Å². The highest BCUT2D eigenvalue weighted by atomic mass is 16.5. The van der Waals surface area contributed by atoms with E-state index in [-0.39, 0.29) is 29.8 Å². The van der Waals surface area contributed by atoms with E-state index < -0.39 is 0 Å². The number of nitrogens with zero attached hydrogens (tertiary/aromatic N) is 2. The lowest BCUT2D eigenvalue weighted by molar-refractivity contribution is -0.136.